The second-order valence-corrected chi connectivity index (χ2v) is 6.12. The zero-order valence-electron chi connectivity index (χ0n) is 12.4. The molecule has 0 amide bonds. The molecule has 1 atom stereocenters. The molecule has 2 N–H and O–H groups in total. The summed E-state index contributed by atoms with van der Waals surface area (Å²) in [4.78, 5) is 10.6. The first kappa shape index (κ1) is 14.1. The Labute approximate surface area is 115 Å². The molecule has 5 nitrogen and oxygen atoms in total. The second-order valence-electron chi connectivity index (χ2n) is 6.12. The number of nitrogens with zero attached hydrogens (tertiary/aromatic N) is 3. The van der Waals surface area contributed by atoms with Gasteiger partial charge in [-0.15, -0.1) is 0 Å². The standard InChI is InChI=1S/C14H25N5/c1-14(2)7-5-8-15-11(14)10-17-12-6-9-16-13(18-12)19(3)4/h6,9,11,15H,5,7-8,10H2,1-4H3,(H,16,17,18). The van der Waals surface area contributed by atoms with E-state index in [1.54, 1.807) is 6.20 Å². The van der Waals surface area contributed by atoms with Crippen LogP contribution in [0.2, 0.25) is 0 Å². The minimum atomic E-state index is 0.336. The van der Waals surface area contributed by atoms with Crippen LogP contribution in [0.1, 0.15) is 26.7 Å². The molecule has 0 aromatic carbocycles. The monoisotopic (exact) mass is 263 g/mol. The van der Waals surface area contributed by atoms with Crippen molar-refractivity contribution in [2.45, 2.75) is 32.7 Å². The Hall–Kier alpha value is -1.36. The maximum absolute atomic E-state index is 4.48. The number of nitrogens with one attached hydrogen (secondary N) is 2. The number of anilines is 2. The van der Waals surface area contributed by atoms with Gasteiger partial charge >= 0.3 is 0 Å². The zero-order chi connectivity index (χ0) is 13.9. The van der Waals surface area contributed by atoms with Crippen LogP contribution in [0, 0.1) is 5.41 Å². The van der Waals surface area contributed by atoms with E-state index in [2.05, 4.69) is 34.4 Å². The van der Waals surface area contributed by atoms with Crippen LogP contribution >= 0.6 is 0 Å². The lowest BCUT2D eigenvalue weighted by atomic mass is 9.77. The molecule has 106 valence electrons. The van der Waals surface area contributed by atoms with Gasteiger partial charge in [0.05, 0.1) is 0 Å². The average molecular weight is 263 g/mol. The summed E-state index contributed by atoms with van der Waals surface area (Å²) in [7, 11) is 3.90. The first-order chi connectivity index (χ1) is 8.99. The van der Waals surface area contributed by atoms with Crippen molar-refractivity contribution in [3.63, 3.8) is 0 Å². The lowest BCUT2D eigenvalue weighted by Gasteiger charge is -2.39. The van der Waals surface area contributed by atoms with Gasteiger partial charge in [0.1, 0.15) is 5.82 Å². The Kier molecular flexibility index (Phi) is 4.24. The molecular weight excluding hydrogens is 238 g/mol. The van der Waals surface area contributed by atoms with Gasteiger partial charge in [0.25, 0.3) is 0 Å². The molecule has 2 heterocycles. The molecular formula is C14H25N5. The van der Waals surface area contributed by atoms with Crippen molar-refractivity contribution in [2.75, 3.05) is 37.4 Å². The van der Waals surface area contributed by atoms with Gasteiger partial charge in [-0.25, -0.2) is 4.98 Å². The first-order valence-electron chi connectivity index (χ1n) is 6.97. The van der Waals surface area contributed by atoms with E-state index in [9.17, 15) is 0 Å². The summed E-state index contributed by atoms with van der Waals surface area (Å²) in [6.07, 6.45) is 4.34. The van der Waals surface area contributed by atoms with E-state index in [1.807, 2.05) is 25.1 Å². The van der Waals surface area contributed by atoms with E-state index < -0.39 is 0 Å². The summed E-state index contributed by atoms with van der Waals surface area (Å²) in [5.74, 6) is 1.63. The maximum Gasteiger partial charge on any atom is 0.226 e. The lowest BCUT2D eigenvalue weighted by molar-refractivity contribution is 0.188. The number of rotatable bonds is 4. The number of piperidine rings is 1. The molecule has 0 radical (unpaired) electrons. The SMILES string of the molecule is CN(C)c1nccc(NCC2NCCCC2(C)C)n1. The van der Waals surface area contributed by atoms with E-state index in [1.165, 1.54) is 12.8 Å². The quantitative estimate of drug-likeness (QED) is 0.866. The number of aromatic nitrogens is 2. The van der Waals surface area contributed by atoms with Crippen molar-refractivity contribution >= 4 is 11.8 Å². The molecule has 5 heteroatoms. The lowest BCUT2D eigenvalue weighted by Crippen LogP contribution is -2.50. The van der Waals surface area contributed by atoms with Gasteiger partial charge in [-0.3, -0.25) is 0 Å². The molecule has 1 aromatic heterocycles. The molecule has 0 bridgehead atoms. The predicted octanol–water partition coefficient (Wildman–Crippen LogP) is 1.73. The molecule has 1 fully saturated rings. The van der Waals surface area contributed by atoms with Crippen molar-refractivity contribution in [2.24, 2.45) is 5.41 Å². The average Bonchev–Trinajstić information content (AvgIpc) is 2.37. The fraction of sp³-hybridized carbons (Fsp3) is 0.714. The van der Waals surface area contributed by atoms with E-state index in [-0.39, 0.29) is 0 Å². The Morgan fingerprint density at radius 1 is 1.47 bits per heavy atom. The number of hydrogen-bond acceptors (Lipinski definition) is 5. The molecule has 0 aliphatic carbocycles. The van der Waals surface area contributed by atoms with Gasteiger partial charge in [-0.05, 0) is 30.9 Å². The topological polar surface area (TPSA) is 53.1 Å². The van der Waals surface area contributed by atoms with Crippen LogP contribution in [0.3, 0.4) is 0 Å². The normalized spacial score (nSPS) is 22.0. The summed E-state index contributed by atoms with van der Waals surface area (Å²) in [6.45, 7) is 6.67. The van der Waals surface area contributed by atoms with Crippen LogP contribution in [0.15, 0.2) is 12.3 Å². The molecule has 0 saturated carbocycles. The van der Waals surface area contributed by atoms with Crippen molar-refractivity contribution in [3.05, 3.63) is 12.3 Å². The van der Waals surface area contributed by atoms with Gasteiger partial charge in [0, 0.05) is 32.9 Å². The molecule has 2 rings (SSSR count). The summed E-state index contributed by atoms with van der Waals surface area (Å²) >= 11 is 0. The van der Waals surface area contributed by atoms with Crippen molar-refractivity contribution in [1.29, 1.82) is 0 Å². The van der Waals surface area contributed by atoms with Crippen LogP contribution in [0.25, 0.3) is 0 Å². The van der Waals surface area contributed by atoms with Crippen LogP contribution in [0.5, 0.6) is 0 Å². The Bertz CT molecular complexity index is 416. The molecule has 1 saturated heterocycles. The third kappa shape index (κ3) is 3.56. The summed E-state index contributed by atoms with van der Waals surface area (Å²) < 4.78 is 0. The van der Waals surface area contributed by atoms with E-state index >= 15 is 0 Å². The third-order valence-corrected chi connectivity index (χ3v) is 3.86. The first-order valence-corrected chi connectivity index (χ1v) is 6.97. The highest BCUT2D eigenvalue weighted by Crippen LogP contribution is 2.30. The molecule has 1 unspecified atom stereocenters. The smallest absolute Gasteiger partial charge is 0.226 e. The fourth-order valence-electron chi connectivity index (χ4n) is 2.49. The van der Waals surface area contributed by atoms with Crippen LogP contribution in [-0.2, 0) is 0 Å². The molecule has 1 aromatic rings. The maximum atomic E-state index is 4.48. The van der Waals surface area contributed by atoms with Crippen LogP contribution in [0.4, 0.5) is 11.8 Å². The van der Waals surface area contributed by atoms with Gasteiger partial charge in [0.15, 0.2) is 0 Å². The van der Waals surface area contributed by atoms with Gasteiger partial charge in [-0.2, -0.15) is 4.98 Å². The Morgan fingerprint density at radius 3 is 2.95 bits per heavy atom. The second kappa shape index (κ2) is 5.74. The Balaban J connectivity index is 1.96. The largest absolute Gasteiger partial charge is 0.368 e. The molecule has 1 aliphatic heterocycles. The van der Waals surface area contributed by atoms with Crippen LogP contribution < -0.4 is 15.5 Å². The number of hydrogen-bond donors (Lipinski definition) is 2. The Morgan fingerprint density at radius 2 is 2.26 bits per heavy atom. The van der Waals surface area contributed by atoms with E-state index in [4.69, 9.17) is 0 Å². The highest BCUT2D eigenvalue weighted by atomic mass is 15.2. The fourth-order valence-corrected chi connectivity index (χ4v) is 2.49. The van der Waals surface area contributed by atoms with Crippen molar-refractivity contribution in [1.82, 2.24) is 15.3 Å². The summed E-state index contributed by atoms with van der Waals surface area (Å²) in [5, 5.41) is 7.03. The molecule has 0 spiro atoms. The third-order valence-electron chi connectivity index (χ3n) is 3.86. The summed E-state index contributed by atoms with van der Waals surface area (Å²) in [6, 6.07) is 2.40. The van der Waals surface area contributed by atoms with Gasteiger partial charge in [0.2, 0.25) is 5.95 Å². The van der Waals surface area contributed by atoms with Gasteiger partial charge < -0.3 is 15.5 Å². The highest BCUT2D eigenvalue weighted by Gasteiger charge is 2.31. The summed E-state index contributed by atoms with van der Waals surface area (Å²) in [5.41, 5.74) is 0.336. The van der Waals surface area contributed by atoms with E-state index in [0.717, 1.165) is 24.9 Å². The van der Waals surface area contributed by atoms with Crippen molar-refractivity contribution < 1.29 is 0 Å². The van der Waals surface area contributed by atoms with Crippen LogP contribution in [-0.4, -0.2) is 43.2 Å². The zero-order valence-corrected chi connectivity index (χ0v) is 12.4. The molecule has 1 aliphatic rings. The molecule has 19 heavy (non-hydrogen) atoms. The minimum Gasteiger partial charge on any atom is -0.368 e. The van der Waals surface area contributed by atoms with Gasteiger partial charge in [-0.1, -0.05) is 13.8 Å². The van der Waals surface area contributed by atoms with E-state index in [0.29, 0.717) is 11.5 Å². The minimum absolute atomic E-state index is 0.336. The van der Waals surface area contributed by atoms with Crippen molar-refractivity contribution in [3.8, 4) is 0 Å². The highest BCUT2D eigenvalue weighted by molar-refractivity contribution is 5.40. The predicted molar refractivity (Wildman–Crippen MR) is 79.7 cm³/mol.